The van der Waals surface area contributed by atoms with E-state index in [-0.39, 0.29) is 5.69 Å². The van der Waals surface area contributed by atoms with Crippen LogP contribution in [0.25, 0.3) is 0 Å². The molecule has 0 saturated heterocycles. The number of rotatable bonds is 1. The van der Waals surface area contributed by atoms with Gasteiger partial charge in [0.1, 0.15) is 5.69 Å². The normalized spacial score (nSPS) is 24.6. The van der Waals surface area contributed by atoms with Gasteiger partial charge in [0.05, 0.1) is 5.69 Å². The smallest absolute Gasteiger partial charge is 0.243 e. The van der Waals surface area contributed by atoms with Crippen molar-refractivity contribution in [1.29, 1.82) is 0 Å². The summed E-state index contributed by atoms with van der Waals surface area (Å²) in [6, 6.07) is 0. The zero-order valence-corrected chi connectivity index (χ0v) is 9.71. The van der Waals surface area contributed by atoms with E-state index in [4.69, 9.17) is 0 Å². The molecule has 0 fully saturated rings. The fourth-order valence-corrected chi connectivity index (χ4v) is 2.26. The zero-order chi connectivity index (χ0) is 11.8. The molecule has 1 unspecified atom stereocenters. The van der Waals surface area contributed by atoms with Crippen molar-refractivity contribution >= 4 is 0 Å². The van der Waals surface area contributed by atoms with Gasteiger partial charge in [0.2, 0.25) is 0 Å². The van der Waals surface area contributed by atoms with Gasteiger partial charge in [0.25, 0.3) is 5.92 Å². The molecular formula is C11H17F2N3. The molecule has 1 aromatic heterocycles. The molecule has 90 valence electrons. The Morgan fingerprint density at radius 3 is 2.88 bits per heavy atom. The topological polar surface area (TPSA) is 30.7 Å². The Morgan fingerprint density at radius 1 is 1.44 bits per heavy atom. The number of nitrogens with zero attached hydrogens (tertiary/aromatic N) is 3. The molecule has 3 nitrogen and oxygen atoms in total. The summed E-state index contributed by atoms with van der Waals surface area (Å²) >= 11 is 0. The molecule has 2 rings (SSSR count). The molecule has 0 spiro atoms. The number of aryl methyl sites for hydroxylation is 2. The van der Waals surface area contributed by atoms with Crippen LogP contribution in [0, 0.1) is 5.92 Å². The van der Waals surface area contributed by atoms with Crippen molar-refractivity contribution in [2.45, 2.75) is 52.0 Å². The summed E-state index contributed by atoms with van der Waals surface area (Å²) in [5.41, 5.74) is 0.528. The first-order valence-electron chi connectivity index (χ1n) is 5.88. The maximum Gasteiger partial charge on any atom is 0.293 e. The fourth-order valence-electron chi connectivity index (χ4n) is 2.26. The maximum absolute atomic E-state index is 14.2. The van der Waals surface area contributed by atoms with Crippen LogP contribution in [0.4, 0.5) is 8.78 Å². The fraction of sp³-hybridized carbons (Fsp3) is 0.818. The molecule has 0 saturated carbocycles. The molecule has 0 aliphatic heterocycles. The molecule has 16 heavy (non-hydrogen) atoms. The SMILES string of the molecule is CCn1nnc2c1C(F)(F)C(C)CCCC2. The van der Waals surface area contributed by atoms with E-state index in [9.17, 15) is 8.78 Å². The lowest BCUT2D eigenvalue weighted by Crippen LogP contribution is -2.29. The first-order valence-corrected chi connectivity index (χ1v) is 5.88. The minimum atomic E-state index is -2.80. The third kappa shape index (κ3) is 1.72. The van der Waals surface area contributed by atoms with Crippen molar-refractivity contribution in [2.24, 2.45) is 5.92 Å². The second kappa shape index (κ2) is 4.11. The number of hydrogen-bond acceptors (Lipinski definition) is 2. The number of aromatic nitrogens is 3. The Kier molecular flexibility index (Phi) is 2.95. The number of halogens is 2. The second-order valence-electron chi connectivity index (χ2n) is 4.47. The van der Waals surface area contributed by atoms with Crippen LogP contribution in [0.15, 0.2) is 0 Å². The van der Waals surface area contributed by atoms with Crippen molar-refractivity contribution < 1.29 is 8.78 Å². The summed E-state index contributed by atoms with van der Waals surface area (Å²) in [7, 11) is 0. The minimum Gasteiger partial charge on any atom is -0.243 e. The van der Waals surface area contributed by atoms with Crippen molar-refractivity contribution in [3.63, 3.8) is 0 Å². The highest BCUT2D eigenvalue weighted by Crippen LogP contribution is 2.41. The highest BCUT2D eigenvalue weighted by Gasteiger charge is 2.44. The van der Waals surface area contributed by atoms with Gasteiger partial charge in [-0.3, -0.25) is 0 Å². The first-order chi connectivity index (χ1) is 7.57. The number of hydrogen-bond donors (Lipinski definition) is 0. The van der Waals surface area contributed by atoms with Crippen molar-refractivity contribution in [3.05, 3.63) is 11.4 Å². The van der Waals surface area contributed by atoms with Gasteiger partial charge in [0, 0.05) is 12.5 Å². The molecule has 0 aromatic carbocycles. The summed E-state index contributed by atoms with van der Waals surface area (Å²) < 4.78 is 29.8. The molecule has 0 bridgehead atoms. The van der Waals surface area contributed by atoms with Crippen LogP contribution >= 0.6 is 0 Å². The molecule has 0 radical (unpaired) electrons. The second-order valence-corrected chi connectivity index (χ2v) is 4.47. The highest BCUT2D eigenvalue weighted by molar-refractivity contribution is 5.18. The van der Waals surface area contributed by atoms with E-state index in [1.807, 2.05) is 6.92 Å². The standard InChI is InChI=1S/C11H17F2N3/c1-3-16-10-9(14-15-16)7-5-4-6-8(2)11(10,12)13/h8H,3-7H2,1-2H3. The molecule has 1 atom stereocenters. The van der Waals surface area contributed by atoms with E-state index in [1.165, 1.54) is 4.68 Å². The maximum atomic E-state index is 14.2. The van der Waals surface area contributed by atoms with E-state index in [0.29, 0.717) is 25.1 Å². The van der Waals surface area contributed by atoms with Gasteiger partial charge in [-0.15, -0.1) is 5.10 Å². The van der Waals surface area contributed by atoms with Crippen LogP contribution in [0.5, 0.6) is 0 Å². The van der Waals surface area contributed by atoms with Crippen LogP contribution in [0.2, 0.25) is 0 Å². The number of fused-ring (bicyclic) bond motifs is 1. The average molecular weight is 229 g/mol. The summed E-state index contributed by atoms with van der Waals surface area (Å²) in [6.45, 7) is 3.88. The first kappa shape index (κ1) is 11.5. The molecule has 1 aliphatic carbocycles. The van der Waals surface area contributed by atoms with Crippen LogP contribution in [-0.4, -0.2) is 15.0 Å². The van der Waals surface area contributed by atoms with E-state index in [0.717, 1.165) is 12.8 Å². The Bertz CT molecular complexity index is 373. The molecular weight excluding hydrogens is 212 g/mol. The average Bonchev–Trinajstić information content (AvgIpc) is 2.65. The predicted octanol–water partition coefficient (Wildman–Crippen LogP) is 2.75. The van der Waals surface area contributed by atoms with Gasteiger partial charge in [-0.25, -0.2) is 4.68 Å². The largest absolute Gasteiger partial charge is 0.293 e. The molecule has 1 aliphatic rings. The summed E-state index contributed by atoms with van der Waals surface area (Å²) in [5, 5.41) is 7.71. The van der Waals surface area contributed by atoms with Gasteiger partial charge in [-0.2, -0.15) is 8.78 Å². The van der Waals surface area contributed by atoms with E-state index < -0.39 is 11.8 Å². The van der Waals surface area contributed by atoms with Gasteiger partial charge < -0.3 is 0 Å². The molecule has 5 heteroatoms. The van der Waals surface area contributed by atoms with Gasteiger partial charge in [0.15, 0.2) is 0 Å². The number of alkyl halides is 2. The Morgan fingerprint density at radius 2 is 2.19 bits per heavy atom. The van der Waals surface area contributed by atoms with Crippen LogP contribution in [0.1, 0.15) is 44.5 Å². The zero-order valence-electron chi connectivity index (χ0n) is 9.71. The lowest BCUT2D eigenvalue weighted by atomic mass is 9.89. The molecule has 0 amide bonds. The molecule has 1 aromatic rings. The van der Waals surface area contributed by atoms with Crippen LogP contribution in [0.3, 0.4) is 0 Å². The van der Waals surface area contributed by atoms with Crippen LogP contribution < -0.4 is 0 Å². The quantitative estimate of drug-likeness (QED) is 0.741. The highest BCUT2D eigenvalue weighted by atomic mass is 19.3. The Hall–Kier alpha value is -1.00. The van der Waals surface area contributed by atoms with Gasteiger partial charge >= 0.3 is 0 Å². The Balaban J connectivity index is 2.50. The van der Waals surface area contributed by atoms with Gasteiger partial charge in [-0.05, 0) is 26.2 Å². The third-order valence-corrected chi connectivity index (χ3v) is 3.34. The van der Waals surface area contributed by atoms with Gasteiger partial charge in [-0.1, -0.05) is 18.6 Å². The lowest BCUT2D eigenvalue weighted by molar-refractivity contribution is -0.0715. The lowest BCUT2D eigenvalue weighted by Gasteiger charge is -2.26. The molecule has 1 heterocycles. The van der Waals surface area contributed by atoms with Crippen LogP contribution in [-0.2, 0) is 18.9 Å². The summed E-state index contributed by atoms with van der Waals surface area (Å²) in [6.07, 6.45) is 2.96. The monoisotopic (exact) mass is 229 g/mol. The Labute approximate surface area is 93.8 Å². The summed E-state index contributed by atoms with van der Waals surface area (Å²) in [5.74, 6) is -3.43. The molecule has 0 N–H and O–H groups in total. The van der Waals surface area contributed by atoms with E-state index in [1.54, 1.807) is 6.92 Å². The van der Waals surface area contributed by atoms with Crippen molar-refractivity contribution in [2.75, 3.05) is 0 Å². The van der Waals surface area contributed by atoms with Crippen molar-refractivity contribution in [3.8, 4) is 0 Å². The van der Waals surface area contributed by atoms with Crippen molar-refractivity contribution in [1.82, 2.24) is 15.0 Å². The summed E-state index contributed by atoms with van der Waals surface area (Å²) in [4.78, 5) is 0. The minimum absolute atomic E-state index is 0.0437. The predicted molar refractivity (Wildman–Crippen MR) is 56.3 cm³/mol. The third-order valence-electron chi connectivity index (χ3n) is 3.34. The van der Waals surface area contributed by atoms with E-state index >= 15 is 0 Å². The van der Waals surface area contributed by atoms with E-state index in [2.05, 4.69) is 10.3 Å².